The summed E-state index contributed by atoms with van der Waals surface area (Å²) in [5.74, 6) is 0. The van der Waals surface area contributed by atoms with Crippen LogP contribution in [0.15, 0.2) is 15.9 Å². The number of hydrogen-bond acceptors (Lipinski definition) is 7. The summed E-state index contributed by atoms with van der Waals surface area (Å²) in [6.45, 7) is -0.388. The summed E-state index contributed by atoms with van der Waals surface area (Å²) in [7, 11) is 4.37. The van der Waals surface area contributed by atoms with Crippen molar-refractivity contribution in [3.05, 3.63) is 27.2 Å². The van der Waals surface area contributed by atoms with E-state index in [0.717, 1.165) is 4.57 Å². The molecule has 10 nitrogen and oxygen atoms in total. The number of methoxy groups -OCH3 is 1. The molecular weight excluding hydrogens is 320 g/mol. The molecule has 4 atom stereocenters. The van der Waals surface area contributed by atoms with Crippen LogP contribution in [0.2, 0.25) is 0 Å². The minimum atomic E-state index is -1.05. The predicted molar refractivity (Wildman–Crippen MR) is 82.6 cm³/mol. The van der Waals surface area contributed by atoms with E-state index >= 15 is 0 Å². The molecule has 1 aliphatic rings. The first kappa shape index (κ1) is 16.8. The Morgan fingerprint density at radius 3 is 2.71 bits per heavy atom. The number of aliphatic hydroxyl groups excluding tert-OH is 2. The van der Waals surface area contributed by atoms with Crippen LogP contribution in [0.1, 0.15) is 12.5 Å². The monoisotopic (exact) mass is 340 g/mol. The van der Waals surface area contributed by atoms with Crippen molar-refractivity contribution in [2.24, 2.45) is 14.1 Å². The number of ether oxygens (including phenoxy) is 2. The van der Waals surface area contributed by atoms with E-state index < -0.39 is 35.8 Å². The zero-order valence-electron chi connectivity index (χ0n) is 13.6. The van der Waals surface area contributed by atoms with Crippen LogP contribution in [0.3, 0.4) is 0 Å². The van der Waals surface area contributed by atoms with Gasteiger partial charge in [-0.2, -0.15) is 0 Å². The maximum atomic E-state index is 12.5. The van der Waals surface area contributed by atoms with Crippen LogP contribution in [0.5, 0.6) is 0 Å². The Bertz CT molecular complexity index is 868. The molecule has 2 aromatic rings. The van der Waals surface area contributed by atoms with Crippen LogP contribution >= 0.6 is 0 Å². The number of imidazole rings is 1. The molecule has 0 saturated carbocycles. The van der Waals surface area contributed by atoms with Crippen LogP contribution in [-0.4, -0.2) is 61.1 Å². The molecule has 0 amide bonds. The lowest BCUT2D eigenvalue weighted by molar-refractivity contribution is -0.233. The van der Waals surface area contributed by atoms with Crippen LogP contribution in [0.25, 0.3) is 11.2 Å². The highest BCUT2D eigenvalue weighted by molar-refractivity contribution is 5.70. The summed E-state index contributed by atoms with van der Waals surface area (Å²) < 4.78 is 14.4. The van der Waals surface area contributed by atoms with Gasteiger partial charge in [0.2, 0.25) is 0 Å². The number of aromatic nitrogens is 4. The lowest BCUT2D eigenvalue weighted by Crippen LogP contribution is -2.48. The van der Waals surface area contributed by atoms with Gasteiger partial charge in [-0.3, -0.25) is 13.9 Å². The molecule has 0 aromatic carbocycles. The normalized spacial score (nSPS) is 27.7. The Hall–Kier alpha value is -2.01. The van der Waals surface area contributed by atoms with Gasteiger partial charge in [-0.05, 0) is 0 Å². The average molecular weight is 340 g/mol. The highest BCUT2D eigenvalue weighted by atomic mass is 16.7. The Labute approximate surface area is 136 Å². The molecule has 2 N–H and O–H groups in total. The Kier molecular flexibility index (Phi) is 4.30. The van der Waals surface area contributed by atoms with Crippen molar-refractivity contribution in [1.29, 1.82) is 0 Å². The summed E-state index contributed by atoms with van der Waals surface area (Å²) >= 11 is 0. The van der Waals surface area contributed by atoms with Gasteiger partial charge in [-0.15, -0.1) is 0 Å². The lowest BCUT2D eigenvalue weighted by atomic mass is 9.98. The predicted octanol–water partition coefficient (Wildman–Crippen LogP) is -1.91. The van der Waals surface area contributed by atoms with Gasteiger partial charge in [0.15, 0.2) is 17.5 Å². The fourth-order valence-electron chi connectivity index (χ4n) is 3.11. The molecule has 0 aliphatic carbocycles. The van der Waals surface area contributed by atoms with Gasteiger partial charge >= 0.3 is 5.69 Å². The summed E-state index contributed by atoms with van der Waals surface area (Å²) in [5, 5.41) is 19.9. The molecule has 0 unspecified atom stereocenters. The molecule has 1 saturated heterocycles. The number of hydrogen-bond donors (Lipinski definition) is 2. The quantitative estimate of drug-likeness (QED) is 0.669. The van der Waals surface area contributed by atoms with Gasteiger partial charge < -0.3 is 24.3 Å². The third-order valence-electron chi connectivity index (χ3n) is 4.51. The van der Waals surface area contributed by atoms with Crippen molar-refractivity contribution in [3.63, 3.8) is 0 Å². The number of nitrogens with zero attached hydrogens (tertiary/aromatic N) is 4. The third-order valence-corrected chi connectivity index (χ3v) is 4.51. The first-order chi connectivity index (χ1) is 11.4. The van der Waals surface area contributed by atoms with E-state index in [1.165, 1.54) is 36.7 Å². The van der Waals surface area contributed by atoms with Crippen LogP contribution < -0.4 is 11.2 Å². The molecule has 24 heavy (non-hydrogen) atoms. The molecule has 2 aromatic heterocycles. The zero-order valence-corrected chi connectivity index (χ0v) is 13.6. The second-order valence-electron chi connectivity index (χ2n) is 5.85. The first-order valence-corrected chi connectivity index (χ1v) is 7.50. The molecule has 10 heteroatoms. The highest BCUT2D eigenvalue weighted by Gasteiger charge is 2.39. The van der Waals surface area contributed by atoms with E-state index in [0.29, 0.717) is 0 Å². The van der Waals surface area contributed by atoms with Crippen LogP contribution in [0.4, 0.5) is 0 Å². The summed E-state index contributed by atoms with van der Waals surface area (Å²) in [5.41, 5.74) is -0.541. The SMILES string of the molecule is CO[C@@H]1C[C@@H](n2cnc3c2c(=O)n(C)c(=O)n3C)[C@H](O)[C@@H](CO)O1. The minimum absolute atomic E-state index is 0.206. The van der Waals surface area contributed by atoms with E-state index in [-0.39, 0.29) is 24.2 Å². The lowest BCUT2D eigenvalue weighted by Gasteiger charge is -2.38. The molecule has 1 aliphatic heterocycles. The Morgan fingerprint density at radius 1 is 1.38 bits per heavy atom. The van der Waals surface area contributed by atoms with Gasteiger partial charge in [-0.25, -0.2) is 9.78 Å². The zero-order chi connectivity index (χ0) is 17.6. The topological polar surface area (TPSA) is 121 Å². The maximum Gasteiger partial charge on any atom is 0.332 e. The van der Waals surface area contributed by atoms with Crippen LogP contribution in [-0.2, 0) is 23.6 Å². The standard InChI is InChI=1S/C14H20N4O6/c1-16-12-10(13(21)17(2)14(16)22)18(6-15-12)7-4-9(23-3)24-8(5-19)11(7)20/h6-9,11,19-20H,4-5H2,1-3H3/t7-,8-,9+,11+/m1/s1. The smallest absolute Gasteiger partial charge is 0.332 e. The molecule has 3 heterocycles. The van der Waals surface area contributed by atoms with Crippen molar-refractivity contribution in [2.45, 2.75) is 31.0 Å². The number of rotatable bonds is 3. The summed E-state index contributed by atoms with van der Waals surface area (Å²) in [6.07, 6.45) is -0.857. The van der Waals surface area contributed by atoms with E-state index in [2.05, 4.69) is 4.98 Å². The van der Waals surface area contributed by atoms with Gasteiger partial charge in [0.1, 0.15) is 12.2 Å². The van der Waals surface area contributed by atoms with E-state index in [1.54, 1.807) is 0 Å². The van der Waals surface area contributed by atoms with Crippen molar-refractivity contribution in [1.82, 2.24) is 18.7 Å². The Morgan fingerprint density at radius 2 is 2.08 bits per heavy atom. The number of aliphatic hydroxyl groups is 2. The van der Waals surface area contributed by atoms with Crippen molar-refractivity contribution in [3.8, 4) is 0 Å². The molecule has 1 fully saturated rings. The summed E-state index contributed by atoms with van der Waals surface area (Å²) in [4.78, 5) is 28.7. The minimum Gasteiger partial charge on any atom is -0.394 e. The van der Waals surface area contributed by atoms with E-state index in [1.807, 2.05) is 0 Å². The van der Waals surface area contributed by atoms with E-state index in [4.69, 9.17) is 9.47 Å². The molecule has 0 spiro atoms. The highest BCUT2D eigenvalue weighted by Crippen LogP contribution is 2.31. The van der Waals surface area contributed by atoms with Crippen molar-refractivity contribution < 1.29 is 19.7 Å². The number of fused-ring (bicyclic) bond motifs is 1. The Balaban J connectivity index is 2.19. The number of aryl methyl sites for hydroxylation is 1. The largest absolute Gasteiger partial charge is 0.394 e. The van der Waals surface area contributed by atoms with Crippen LogP contribution in [0, 0.1) is 0 Å². The van der Waals surface area contributed by atoms with Gasteiger partial charge in [0.25, 0.3) is 5.56 Å². The van der Waals surface area contributed by atoms with Crippen molar-refractivity contribution in [2.75, 3.05) is 13.7 Å². The molecule has 3 rings (SSSR count). The van der Waals surface area contributed by atoms with Crippen molar-refractivity contribution >= 4 is 11.2 Å². The second kappa shape index (κ2) is 6.13. The van der Waals surface area contributed by atoms with Gasteiger partial charge in [0, 0.05) is 27.6 Å². The maximum absolute atomic E-state index is 12.5. The summed E-state index contributed by atoms with van der Waals surface area (Å²) in [6, 6.07) is -0.587. The molecule has 0 bridgehead atoms. The fourth-order valence-corrected chi connectivity index (χ4v) is 3.11. The fraction of sp³-hybridized carbons (Fsp3) is 0.643. The van der Waals surface area contributed by atoms with Gasteiger partial charge in [0.05, 0.1) is 19.0 Å². The average Bonchev–Trinajstić information content (AvgIpc) is 3.03. The third kappa shape index (κ3) is 2.38. The van der Waals surface area contributed by atoms with E-state index in [9.17, 15) is 19.8 Å². The molecule has 132 valence electrons. The second-order valence-corrected chi connectivity index (χ2v) is 5.85. The first-order valence-electron chi connectivity index (χ1n) is 7.50. The van der Waals surface area contributed by atoms with Gasteiger partial charge in [-0.1, -0.05) is 0 Å². The molecule has 0 radical (unpaired) electrons. The molecular formula is C14H20N4O6.